The number of ether oxygens (including phenoxy) is 3. The third-order valence-electron chi connectivity index (χ3n) is 3.30. The van der Waals surface area contributed by atoms with Crippen LogP contribution >= 0.6 is 0 Å². The summed E-state index contributed by atoms with van der Waals surface area (Å²) in [6, 6.07) is 16.2. The lowest BCUT2D eigenvalue weighted by molar-refractivity contribution is -0.139. The summed E-state index contributed by atoms with van der Waals surface area (Å²) in [5.41, 5.74) is 0. The molecule has 0 spiro atoms. The highest BCUT2D eigenvalue weighted by atomic mass is 16.5. The number of aliphatic carboxylic acids is 1. The van der Waals surface area contributed by atoms with Gasteiger partial charge in [-0.15, -0.1) is 0 Å². The molecule has 0 saturated heterocycles. The fourth-order valence-electron chi connectivity index (χ4n) is 2.10. The van der Waals surface area contributed by atoms with E-state index in [1.807, 2.05) is 30.3 Å². The minimum Gasteiger partial charge on any atom is -0.491 e. The maximum Gasteiger partial charge on any atom is 0.341 e. The SMILES string of the molecule is O=C(O)COc1ccccc1OCCNCC(O)COc1ccccc1. The molecule has 2 rings (SSSR count). The fourth-order valence-corrected chi connectivity index (χ4v) is 2.10. The molecule has 0 aliphatic heterocycles. The summed E-state index contributed by atoms with van der Waals surface area (Å²) >= 11 is 0. The van der Waals surface area contributed by atoms with E-state index in [4.69, 9.17) is 19.3 Å². The Balaban J connectivity index is 1.62. The molecule has 140 valence electrons. The molecule has 0 fully saturated rings. The van der Waals surface area contributed by atoms with Crippen molar-refractivity contribution in [1.82, 2.24) is 5.32 Å². The molecule has 2 aromatic rings. The Morgan fingerprint density at radius 1 is 0.962 bits per heavy atom. The summed E-state index contributed by atoms with van der Waals surface area (Å²) in [6.45, 7) is 0.999. The second-order valence-electron chi connectivity index (χ2n) is 5.46. The van der Waals surface area contributed by atoms with Crippen LogP contribution in [0.5, 0.6) is 17.2 Å². The zero-order chi connectivity index (χ0) is 18.6. The molecule has 1 unspecified atom stereocenters. The fraction of sp³-hybridized carbons (Fsp3) is 0.316. The van der Waals surface area contributed by atoms with Gasteiger partial charge < -0.3 is 29.7 Å². The number of carbonyl (C=O) groups is 1. The standard InChI is InChI=1S/C19H23NO6/c21-15(13-25-16-6-2-1-3-7-16)12-20-10-11-24-17-8-4-5-9-18(17)26-14-19(22)23/h1-9,15,20-21H,10-14H2,(H,22,23). The van der Waals surface area contributed by atoms with Crippen molar-refractivity contribution in [2.75, 3.05) is 32.9 Å². The van der Waals surface area contributed by atoms with Crippen molar-refractivity contribution >= 4 is 5.97 Å². The van der Waals surface area contributed by atoms with Crippen molar-refractivity contribution in [3.63, 3.8) is 0 Å². The minimum absolute atomic E-state index is 0.198. The Hall–Kier alpha value is -2.77. The largest absolute Gasteiger partial charge is 0.491 e. The second kappa shape index (κ2) is 11.0. The number of benzene rings is 2. The summed E-state index contributed by atoms with van der Waals surface area (Å²) in [4.78, 5) is 10.6. The van der Waals surface area contributed by atoms with Gasteiger partial charge in [-0.2, -0.15) is 0 Å². The van der Waals surface area contributed by atoms with Crippen LogP contribution < -0.4 is 19.5 Å². The maximum absolute atomic E-state index is 10.6. The van der Waals surface area contributed by atoms with E-state index in [2.05, 4.69) is 5.32 Å². The third kappa shape index (κ3) is 7.42. The molecule has 0 aromatic heterocycles. The summed E-state index contributed by atoms with van der Waals surface area (Å²) in [5.74, 6) is 0.524. The van der Waals surface area contributed by atoms with E-state index in [9.17, 15) is 9.90 Å². The molecular formula is C19H23NO6. The first-order valence-electron chi connectivity index (χ1n) is 8.28. The maximum atomic E-state index is 10.6. The van der Waals surface area contributed by atoms with E-state index in [1.165, 1.54) is 0 Å². The lowest BCUT2D eigenvalue weighted by atomic mass is 10.3. The Morgan fingerprint density at radius 2 is 1.62 bits per heavy atom. The predicted octanol–water partition coefficient (Wildman–Crippen LogP) is 1.56. The minimum atomic E-state index is -1.05. The first kappa shape index (κ1) is 19.6. The average molecular weight is 361 g/mol. The van der Waals surface area contributed by atoms with Gasteiger partial charge in [-0.1, -0.05) is 30.3 Å². The Bertz CT molecular complexity index is 664. The topological polar surface area (TPSA) is 97.3 Å². The molecular weight excluding hydrogens is 338 g/mol. The molecule has 2 aromatic carbocycles. The number of hydrogen-bond donors (Lipinski definition) is 3. The van der Waals surface area contributed by atoms with Crippen LogP contribution in [0.3, 0.4) is 0 Å². The van der Waals surface area contributed by atoms with Crippen LogP contribution in [0.2, 0.25) is 0 Å². The highest BCUT2D eigenvalue weighted by Crippen LogP contribution is 2.26. The van der Waals surface area contributed by atoms with Crippen LogP contribution in [0.25, 0.3) is 0 Å². The molecule has 3 N–H and O–H groups in total. The zero-order valence-electron chi connectivity index (χ0n) is 14.3. The molecule has 0 radical (unpaired) electrons. The van der Waals surface area contributed by atoms with Gasteiger partial charge in [0.2, 0.25) is 0 Å². The van der Waals surface area contributed by atoms with Crippen LogP contribution in [0.4, 0.5) is 0 Å². The van der Waals surface area contributed by atoms with Gasteiger partial charge in [-0.05, 0) is 24.3 Å². The normalized spacial score (nSPS) is 11.6. The van der Waals surface area contributed by atoms with Crippen LogP contribution in [0.15, 0.2) is 54.6 Å². The van der Waals surface area contributed by atoms with Crippen molar-refractivity contribution in [3.8, 4) is 17.2 Å². The summed E-state index contributed by atoms with van der Waals surface area (Å²) in [5, 5.41) is 21.6. The smallest absolute Gasteiger partial charge is 0.341 e. The van der Waals surface area contributed by atoms with Crippen molar-refractivity contribution in [3.05, 3.63) is 54.6 Å². The Labute approximate surface area is 152 Å². The lowest BCUT2D eigenvalue weighted by Crippen LogP contribution is -2.33. The van der Waals surface area contributed by atoms with Crippen LogP contribution in [-0.2, 0) is 4.79 Å². The van der Waals surface area contributed by atoms with Gasteiger partial charge in [0.1, 0.15) is 25.1 Å². The van der Waals surface area contributed by atoms with Gasteiger partial charge in [0.25, 0.3) is 0 Å². The van der Waals surface area contributed by atoms with Gasteiger partial charge in [-0.25, -0.2) is 4.79 Å². The first-order valence-corrected chi connectivity index (χ1v) is 8.28. The van der Waals surface area contributed by atoms with Crippen molar-refractivity contribution in [2.45, 2.75) is 6.10 Å². The predicted molar refractivity (Wildman–Crippen MR) is 95.9 cm³/mol. The van der Waals surface area contributed by atoms with Gasteiger partial charge in [0, 0.05) is 13.1 Å². The molecule has 0 heterocycles. The van der Waals surface area contributed by atoms with E-state index >= 15 is 0 Å². The Kier molecular flexibility index (Phi) is 8.25. The van der Waals surface area contributed by atoms with Gasteiger partial charge in [0.15, 0.2) is 18.1 Å². The number of hydrogen-bond acceptors (Lipinski definition) is 6. The van der Waals surface area contributed by atoms with Crippen molar-refractivity contribution in [2.24, 2.45) is 0 Å². The monoisotopic (exact) mass is 361 g/mol. The lowest BCUT2D eigenvalue weighted by Gasteiger charge is -2.14. The molecule has 7 nitrogen and oxygen atoms in total. The highest BCUT2D eigenvalue weighted by Gasteiger charge is 2.07. The quantitative estimate of drug-likeness (QED) is 0.494. The average Bonchev–Trinajstić information content (AvgIpc) is 2.66. The first-order chi connectivity index (χ1) is 12.6. The number of aliphatic hydroxyl groups is 1. The van der Waals surface area contributed by atoms with Gasteiger partial charge in [0.05, 0.1) is 0 Å². The van der Waals surface area contributed by atoms with E-state index < -0.39 is 18.7 Å². The number of rotatable bonds is 12. The molecule has 0 amide bonds. The third-order valence-corrected chi connectivity index (χ3v) is 3.30. The highest BCUT2D eigenvalue weighted by molar-refractivity contribution is 5.68. The second-order valence-corrected chi connectivity index (χ2v) is 5.46. The van der Waals surface area contributed by atoms with E-state index in [1.54, 1.807) is 24.3 Å². The van der Waals surface area contributed by atoms with Crippen molar-refractivity contribution in [1.29, 1.82) is 0 Å². The van der Waals surface area contributed by atoms with E-state index in [0.29, 0.717) is 36.9 Å². The van der Waals surface area contributed by atoms with Gasteiger partial charge >= 0.3 is 5.97 Å². The Morgan fingerprint density at radius 3 is 2.31 bits per heavy atom. The van der Waals surface area contributed by atoms with E-state index in [0.717, 1.165) is 0 Å². The van der Waals surface area contributed by atoms with Crippen LogP contribution in [0, 0.1) is 0 Å². The zero-order valence-corrected chi connectivity index (χ0v) is 14.3. The van der Waals surface area contributed by atoms with Crippen LogP contribution in [-0.4, -0.2) is 55.2 Å². The molecule has 0 aliphatic rings. The molecule has 0 saturated carbocycles. The summed E-state index contributed by atoms with van der Waals surface area (Å²) in [7, 11) is 0. The number of carboxylic acid groups (broad SMARTS) is 1. The molecule has 0 bridgehead atoms. The van der Waals surface area contributed by atoms with Crippen LogP contribution in [0.1, 0.15) is 0 Å². The molecule has 26 heavy (non-hydrogen) atoms. The summed E-state index contributed by atoms with van der Waals surface area (Å²) in [6.07, 6.45) is -0.638. The molecule has 1 atom stereocenters. The van der Waals surface area contributed by atoms with Gasteiger partial charge in [-0.3, -0.25) is 0 Å². The van der Waals surface area contributed by atoms with E-state index in [-0.39, 0.29) is 6.61 Å². The number of nitrogens with one attached hydrogen (secondary N) is 1. The number of carboxylic acids is 1. The summed E-state index contributed by atoms with van der Waals surface area (Å²) < 4.78 is 16.2. The number of aliphatic hydroxyl groups excluding tert-OH is 1. The van der Waals surface area contributed by atoms with Crippen molar-refractivity contribution < 1.29 is 29.2 Å². The molecule has 0 aliphatic carbocycles. The molecule has 7 heteroatoms. The number of para-hydroxylation sites is 3.